The number of carbonyl (C=O) groups excluding carboxylic acids is 2. The molecular formula is C20H19N5O2S. The van der Waals surface area contributed by atoms with Crippen molar-refractivity contribution >= 4 is 28.8 Å². The number of pyridine rings is 1. The van der Waals surface area contributed by atoms with Crippen LogP contribution >= 0.6 is 11.3 Å². The molecule has 0 aromatic carbocycles. The third kappa shape index (κ3) is 3.59. The summed E-state index contributed by atoms with van der Waals surface area (Å²) in [5.41, 5.74) is 2.68. The van der Waals surface area contributed by atoms with Gasteiger partial charge >= 0.3 is 0 Å². The van der Waals surface area contributed by atoms with Crippen LogP contribution < -0.4 is 5.32 Å². The fourth-order valence-corrected chi connectivity index (χ4v) is 3.69. The third-order valence-corrected chi connectivity index (χ3v) is 5.45. The van der Waals surface area contributed by atoms with Gasteiger partial charge in [-0.15, -0.1) is 11.3 Å². The molecule has 4 aromatic heterocycles. The smallest absolute Gasteiger partial charge is 0.261 e. The minimum Gasteiger partial charge on any atom is -0.347 e. The Balaban J connectivity index is 1.43. The summed E-state index contributed by atoms with van der Waals surface area (Å²) in [7, 11) is 0. The fourth-order valence-electron chi connectivity index (χ4n) is 2.79. The average molecular weight is 393 g/mol. The van der Waals surface area contributed by atoms with Crippen molar-refractivity contribution < 1.29 is 9.59 Å². The van der Waals surface area contributed by atoms with E-state index in [0.29, 0.717) is 11.4 Å². The summed E-state index contributed by atoms with van der Waals surface area (Å²) in [5.74, 6) is -0.317. The first kappa shape index (κ1) is 18.1. The largest absolute Gasteiger partial charge is 0.347 e. The summed E-state index contributed by atoms with van der Waals surface area (Å²) in [6.45, 7) is 4.10. The Hall–Kier alpha value is -3.26. The molecule has 0 aliphatic rings. The fraction of sp³-hybridized carbons (Fsp3) is 0.200. The van der Waals surface area contributed by atoms with Crippen molar-refractivity contribution in [3.05, 3.63) is 65.7 Å². The number of hydrogen-bond donors (Lipinski definition) is 1. The highest BCUT2D eigenvalue weighted by Crippen LogP contribution is 2.28. The highest BCUT2D eigenvalue weighted by atomic mass is 32.1. The quantitative estimate of drug-likeness (QED) is 0.563. The van der Waals surface area contributed by atoms with Crippen LogP contribution in [-0.4, -0.2) is 31.0 Å². The standard InChI is InChI=1S/C20H19N5O2S/c1-13(2)20(27)25-12-15(10-23-25)16-4-5-17(28-16)19(26)22-9-14-3-6-18-21-7-8-24(18)11-14/h3-8,10-13H,9H2,1-2H3,(H,22,26). The maximum absolute atomic E-state index is 12.5. The number of hydrogen-bond acceptors (Lipinski definition) is 5. The van der Waals surface area contributed by atoms with Crippen LogP contribution in [-0.2, 0) is 6.54 Å². The summed E-state index contributed by atoms with van der Waals surface area (Å²) in [6.07, 6.45) is 8.91. The van der Waals surface area contributed by atoms with Gasteiger partial charge in [0.15, 0.2) is 0 Å². The molecule has 142 valence electrons. The van der Waals surface area contributed by atoms with Crippen LogP contribution in [0.4, 0.5) is 0 Å². The maximum atomic E-state index is 12.5. The zero-order chi connectivity index (χ0) is 19.7. The Kier molecular flexibility index (Phi) is 4.79. The molecule has 0 radical (unpaired) electrons. The van der Waals surface area contributed by atoms with E-state index >= 15 is 0 Å². The molecule has 4 rings (SSSR count). The predicted molar refractivity (Wildman–Crippen MR) is 107 cm³/mol. The van der Waals surface area contributed by atoms with Crippen molar-refractivity contribution in [2.24, 2.45) is 5.92 Å². The third-order valence-electron chi connectivity index (χ3n) is 4.32. The van der Waals surface area contributed by atoms with E-state index in [-0.39, 0.29) is 17.7 Å². The van der Waals surface area contributed by atoms with Crippen molar-refractivity contribution in [2.75, 3.05) is 0 Å². The maximum Gasteiger partial charge on any atom is 0.261 e. The van der Waals surface area contributed by atoms with Crippen LogP contribution in [0.15, 0.2) is 55.2 Å². The number of aromatic nitrogens is 4. The lowest BCUT2D eigenvalue weighted by Gasteiger charge is -2.04. The Labute approximate surface area is 165 Å². The topological polar surface area (TPSA) is 81.3 Å². The number of rotatable bonds is 5. The van der Waals surface area contributed by atoms with Gasteiger partial charge in [0.1, 0.15) is 5.65 Å². The van der Waals surface area contributed by atoms with E-state index in [0.717, 1.165) is 21.7 Å². The van der Waals surface area contributed by atoms with Gasteiger partial charge in [0.2, 0.25) is 5.91 Å². The summed E-state index contributed by atoms with van der Waals surface area (Å²) in [4.78, 5) is 30.2. The van der Waals surface area contributed by atoms with Crippen LogP contribution in [0.3, 0.4) is 0 Å². The van der Waals surface area contributed by atoms with Gasteiger partial charge in [-0.3, -0.25) is 9.59 Å². The molecular weight excluding hydrogens is 374 g/mol. The molecule has 0 unspecified atom stereocenters. The average Bonchev–Trinajstić information content (AvgIpc) is 3.44. The molecule has 0 atom stereocenters. The monoisotopic (exact) mass is 393 g/mol. The molecule has 8 heteroatoms. The molecule has 0 spiro atoms. The minimum absolute atomic E-state index is 0.0596. The van der Waals surface area contributed by atoms with Gasteiger partial charge < -0.3 is 9.72 Å². The SMILES string of the molecule is CC(C)C(=O)n1cc(-c2ccc(C(=O)NCc3ccc4nccn4c3)s2)cn1. The Bertz CT molecular complexity index is 1150. The number of nitrogens with zero attached hydrogens (tertiary/aromatic N) is 4. The van der Waals surface area contributed by atoms with E-state index in [4.69, 9.17) is 0 Å². The van der Waals surface area contributed by atoms with Crippen LogP contribution in [0.1, 0.15) is 33.9 Å². The van der Waals surface area contributed by atoms with E-state index in [9.17, 15) is 9.59 Å². The molecule has 1 amide bonds. The first-order chi connectivity index (χ1) is 13.5. The van der Waals surface area contributed by atoms with Crippen molar-refractivity contribution in [2.45, 2.75) is 20.4 Å². The van der Waals surface area contributed by atoms with Gasteiger partial charge in [-0.25, -0.2) is 9.67 Å². The van der Waals surface area contributed by atoms with Crippen molar-refractivity contribution in [3.8, 4) is 10.4 Å². The second-order valence-electron chi connectivity index (χ2n) is 6.74. The second-order valence-corrected chi connectivity index (χ2v) is 7.83. The van der Waals surface area contributed by atoms with Gasteiger partial charge in [-0.2, -0.15) is 5.10 Å². The summed E-state index contributed by atoms with van der Waals surface area (Å²) < 4.78 is 3.27. The molecule has 0 aliphatic carbocycles. The number of imidazole rings is 1. The van der Waals surface area contributed by atoms with E-state index in [1.54, 1.807) is 24.7 Å². The molecule has 0 aliphatic heterocycles. The lowest BCUT2D eigenvalue weighted by molar-refractivity contribution is 0.0838. The second kappa shape index (κ2) is 7.40. The van der Waals surface area contributed by atoms with Crippen LogP contribution in [0.25, 0.3) is 16.1 Å². The zero-order valence-electron chi connectivity index (χ0n) is 15.5. The Morgan fingerprint density at radius 1 is 1.18 bits per heavy atom. The highest BCUT2D eigenvalue weighted by molar-refractivity contribution is 7.17. The van der Waals surface area contributed by atoms with Crippen molar-refractivity contribution in [1.82, 2.24) is 24.5 Å². The molecule has 7 nitrogen and oxygen atoms in total. The Morgan fingerprint density at radius 3 is 2.86 bits per heavy atom. The van der Waals surface area contributed by atoms with Gasteiger partial charge in [0, 0.05) is 47.7 Å². The molecule has 0 bridgehead atoms. The minimum atomic E-state index is -0.132. The van der Waals surface area contributed by atoms with Crippen LogP contribution in [0, 0.1) is 5.92 Å². The molecule has 4 heterocycles. The number of amides is 1. The van der Waals surface area contributed by atoms with Crippen molar-refractivity contribution in [1.29, 1.82) is 0 Å². The molecule has 1 N–H and O–H groups in total. The van der Waals surface area contributed by atoms with E-state index in [1.165, 1.54) is 16.0 Å². The lowest BCUT2D eigenvalue weighted by atomic mass is 10.2. The number of carbonyl (C=O) groups is 2. The summed E-state index contributed by atoms with van der Waals surface area (Å²) in [6, 6.07) is 7.53. The Morgan fingerprint density at radius 2 is 2.04 bits per heavy atom. The lowest BCUT2D eigenvalue weighted by Crippen LogP contribution is -2.21. The van der Waals surface area contributed by atoms with Crippen LogP contribution in [0.5, 0.6) is 0 Å². The van der Waals surface area contributed by atoms with Gasteiger partial charge in [-0.05, 0) is 23.8 Å². The van der Waals surface area contributed by atoms with Crippen LogP contribution in [0.2, 0.25) is 0 Å². The molecule has 28 heavy (non-hydrogen) atoms. The number of fused-ring (bicyclic) bond motifs is 1. The predicted octanol–water partition coefficient (Wildman–Crippen LogP) is 3.49. The van der Waals surface area contributed by atoms with Crippen molar-refractivity contribution in [3.63, 3.8) is 0 Å². The first-order valence-electron chi connectivity index (χ1n) is 8.90. The number of nitrogens with one attached hydrogen (secondary N) is 1. The van der Waals surface area contributed by atoms with E-state index in [2.05, 4.69) is 15.4 Å². The van der Waals surface area contributed by atoms with Gasteiger partial charge in [0.05, 0.1) is 11.1 Å². The molecule has 0 saturated heterocycles. The zero-order valence-corrected chi connectivity index (χ0v) is 16.3. The summed E-state index contributed by atoms with van der Waals surface area (Å²) >= 11 is 1.37. The number of thiophene rings is 1. The van der Waals surface area contributed by atoms with Gasteiger partial charge in [0.25, 0.3) is 5.91 Å². The highest BCUT2D eigenvalue weighted by Gasteiger charge is 2.15. The first-order valence-corrected chi connectivity index (χ1v) is 9.72. The molecule has 0 fully saturated rings. The van der Waals surface area contributed by atoms with Gasteiger partial charge in [-0.1, -0.05) is 19.9 Å². The summed E-state index contributed by atoms with van der Waals surface area (Å²) in [5, 5.41) is 7.07. The van der Waals surface area contributed by atoms with E-state index < -0.39 is 0 Å². The molecule has 4 aromatic rings. The normalized spacial score (nSPS) is 11.2. The molecule has 0 saturated carbocycles. The van der Waals surface area contributed by atoms with E-state index in [1.807, 2.05) is 48.8 Å².